The lowest BCUT2D eigenvalue weighted by Crippen LogP contribution is -2.49. The number of rotatable bonds is 6. The fraction of sp³-hybridized carbons (Fsp3) is 0.440. The van der Waals surface area contributed by atoms with Crippen molar-refractivity contribution in [2.45, 2.75) is 55.8 Å². The maximum Gasteiger partial charge on any atom is 0.233 e. The Labute approximate surface area is 199 Å². The molecule has 2 fully saturated rings. The topological polar surface area (TPSA) is 72.3 Å². The van der Waals surface area contributed by atoms with Crippen LogP contribution in [0.5, 0.6) is 0 Å². The van der Waals surface area contributed by atoms with E-state index in [1.165, 1.54) is 18.2 Å². The van der Waals surface area contributed by atoms with E-state index in [0.717, 1.165) is 47.6 Å². The van der Waals surface area contributed by atoms with Gasteiger partial charge in [0.2, 0.25) is 5.91 Å². The molecule has 1 saturated carbocycles. The molecule has 1 aromatic heterocycles. The zero-order valence-corrected chi connectivity index (χ0v) is 20.2. The minimum Gasteiger partial charge on any atom is -0.335 e. The second kappa shape index (κ2) is 9.50. The van der Waals surface area contributed by atoms with Gasteiger partial charge >= 0.3 is 0 Å². The molecule has 0 spiro atoms. The number of hydrogen-bond acceptors (Lipinski definition) is 5. The third kappa shape index (κ3) is 4.82. The van der Waals surface area contributed by atoms with Crippen LogP contribution >= 0.6 is 11.8 Å². The second-order valence-corrected chi connectivity index (χ2v) is 12.2. The smallest absolute Gasteiger partial charge is 0.233 e. The summed E-state index contributed by atoms with van der Waals surface area (Å²) in [4.78, 5) is 20.3. The lowest BCUT2D eigenvalue weighted by Gasteiger charge is -2.38. The van der Waals surface area contributed by atoms with Crippen molar-refractivity contribution in [1.82, 2.24) is 14.5 Å². The lowest BCUT2D eigenvalue weighted by molar-refractivity contribution is -0.133. The Kier molecular flexibility index (Phi) is 6.47. The molecule has 0 bridgehead atoms. The number of carbonyl (C=O) groups excluding carboxylic acids is 1. The van der Waals surface area contributed by atoms with Gasteiger partial charge in [-0.1, -0.05) is 61.4 Å². The second-order valence-electron chi connectivity index (χ2n) is 8.99. The lowest BCUT2D eigenvalue weighted by atomic mass is 9.93. The summed E-state index contributed by atoms with van der Waals surface area (Å²) in [6.07, 6.45) is 5.88. The quantitative estimate of drug-likeness (QED) is 0.484. The number of amides is 1. The maximum atomic E-state index is 13.6. The van der Waals surface area contributed by atoms with Crippen molar-refractivity contribution >= 4 is 38.5 Å². The van der Waals surface area contributed by atoms with Crippen molar-refractivity contribution in [3.63, 3.8) is 0 Å². The molecule has 174 valence electrons. The predicted octanol–water partition coefficient (Wildman–Crippen LogP) is 4.47. The number of imidazole rings is 1. The normalized spacial score (nSPS) is 20.8. The molecular formula is C25H29N3O3S2. The zero-order chi connectivity index (χ0) is 22.8. The first-order valence-electron chi connectivity index (χ1n) is 11.7. The van der Waals surface area contributed by atoms with Gasteiger partial charge in [0.15, 0.2) is 15.0 Å². The van der Waals surface area contributed by atoms with Crippen molar-refractivity contribution in [2.75, 3.05) is 17.3 Å². The molecule has 2 heterocycles. The first-order valence-corrected chi connectivity index (χ1v) is 14.5. The number of para-hydroxylation sites is 3. The molecule has 1 aliphatic carbocycles. The number of nitrogens with zero attached hydrogens (tertiary/aromatic N) is 3. The first kappa shape index (κ1) is 22.5. The van der Waals surface area contributed by atoms with E-state index in [1.54, 1.807) is 0 Å². The number of sulfone groups is 1. The van der Waals surface area contributed by atoms with Crippen molar-refractivity contribution in [3.05, 3.63) is 54.6 Å². The van der Waals surface area contributed by atoms with Crippen LogP contribution in [-0.4, -0.2) is 58.1 Å². The molecule has 5 rings (SSSR count). The van der Waals surface area contributed by atoms with E-state index in [9.17, 15) is 13.2 Å². The molecule has 33 heavy (non-hydrogen) atoms. The number of carbonyl (C=O) groups is 1. The number of hydrogen-bond donors (Lipinski definition) is 0. The molecule has 1 saturated heterocycles. The molecule has 6 nitrogen and oxygen atoms in total. The maximum absolute atomic E-state index is 13.6. The van der Waals surface area contributed by atoms with Crippen molar-refractivity contribution < 1.29 is 13.2 Å². The summed E-state index contributed by atoms with van der Waals surface area (Å²) in [5.41, 5.74) is 2.90. The van der Waals surface area contributed by atoms with Crippen LogP contribution in [0.2, 0.25) is 0 Å². The highest BCUT2D eigenvalue weighted by Crippen LogP contribution is 2.31. The van der Waals surface area contributed by atoms with Crippen LogP contribution in [0.4, 0.5) is 0 Å². The summed E-state index contributed by atoms with van der Waals surface area (Å²) in [7, 11) is -3.06. The van der Waals surface area contributed by atoms with E-state index < -0.39 is 9.84 Å². The summed E-state index contributed by atoms with van der Waals surface area (Å²) in [5, 5.41) is 0.776. The van der Waals surface area contributed by atoms with E-state index >= 15 is 0 Å². The van der Waals surface area contributed by atoms with Gasteiger partial charge in [-0.3, -0.25) is 9.36 Å². The standard InChI is InChI=1S/C25H29N3O3S2/c29-24(27(19-9-3-1-4-10-19)21-15-16-33(30,31)18-21)17-32-25-26-22-13-7-8-14-23(22)28(25)20-11-5-2-6-12-20/h2,5-8,11-14,19,21H,1,3-4,9-10,15-18H2. The van der Waals surface area contributed by atoms with Gasteiger partial charge in [0, 0.05) is 17.8 Å². The van der Waals surface area contributed by atoms with Gasteiger partial charge in [-0.15, -0.1) is 0 Å². The summed E-state index contributed by atoms with van der Waals surface area (Å²) < 4.78 is 26.4. The molecule has 3 aromatic rings. The Bertz CT molecular complexity index is 1230. The SMILES string of the molecule is O=C(CSc1nc2ccccc2n1-c1ccccc1)N(C1CCCCC1)C1CCS(=O)(=O)C1. The van der Waals surface area contributed by atoms with Gasteiger partial charge in [0.25, 0.3) is 0 Å². The molecule has 2 aromatic carbocycles. The summed E-state index contributed by atoms with van der Waals surface area (Å²) in [5.74, 6) is 0.567. The Hall–Kier alpha value is -2.32. The van der Waals surface area contributed by atoms with E-state index in [2.05, 4.69) is 4.57 Å². The van der Waals surface area contributed by atoms with Crippen LogP contribution in [0.25, 0.3) is 16.7 Å². The van der Waals surface area contributed by atoms with Gasteiger partial charge < -0.3 is 4.90 Å². The van der Waals surface area contributed by atoms with Crippen molar-refractivity contribution in [3.8, 4) is 5.69 Å². The summed E-state index contributed by atoms with van der Waals surface area (Å²) in [6, 6.07) is 18.0. The van der Waals surface area contributed by atoms with Gasteiger partial charge in [-0.25, -0.2) is 13.4 Å². The Morgan fingerprint density at radius 1 is 0.970 bits per heavy atom. The van der Waals surface area contributed by atoms with Crippen molar-refractivity contribution in [2.24, 2.45) is 0 Å². The highest BCUT2D eigenvalue weighted by atomic mass is 32.2. The number of aromatic nitrogens is 2. The molecule has 1 atom stereocenters. The third-order valence-electron chi connectivity index (χ3n) is 6.73. The number of fused-ring (bicyclic) bond motifs is 1. The third-order valence-corrected chi connectivity index (χ3v) is 9.40. The molecule has 1 amide bonds. The molecular weight excluding hydrogens is 454 g/mol. The summed E-state index contributed by atoms with van der Waals surface area (Å²) in [6.45, 7) is 0. The highest BCUT2D eigenvalue weighted by Gasteiger charge is 2.38. The highest BCUT2D eigenvalue weighted by molar-refractivity contribution is 7.99. The van der Waals surface area contributed by atoms with Crippen LogP contribution in [-0.2, 0) is 14.6 Å². The van der Waals surface area contributed by atoms with Crippen LogP contribution in [0.1, 0.15) is 38.5 Å². The van der Waals surface area contributed by atoms with Gasteiger partial charge in [0.1, 0.15) is 0 Å². The molecule has 1 aliphatic heterocycles. The number of benzene rings is 2. The Balaban J connectivity index is 1.41. The molecule has 0 radical (unpaired) electrons. The summed E-state index contributed by atoms with van der Waals surface area (Å²) >= 11 is 1.44. The molecule has 8 heteroatoms. The fourth-order valence-electron chi connectivity index (χ4n) is 5.19. The first-order chi connectivity index (χ1) is 16.0. The predicted molar refractivity (Wildman–Crippen MR) is 133 cm³/mol. The minimum absolute atomic E-state index is 0.0284. The Morgan fingerprint density at radius 3 is 2.42 bits per heavy atom. The number of thioether (sulfide) groups is 1. The fourth-order valence-corrected chi connectivity index (χ4v) is 7.80. The van der Waals surface area contributed by atoms with Crippen LogP contribution in [0.15, 0.2) is 59.8 Å². The largest absolute Gasteiger partial charge is 0.335 e. The van der Waals surface area contributed by atoms with Gasteiger partial charge in [-0.2, -0.15) is 0 Å². The average molecular weight is 484 g/mol. The van der Waals surface area contributed by atoms with Gasteiger partial charge in [0.05, 0.1) is 28.3 Å². The average Bonchev–Trinajstić information content (AvgIpc) is 3.38. The van der Waals surface area contributed by atoms with E-state index in [4.69, 9.17) is 4.98 Å². The van der Waals surface area contributed by atoms with Crippen LogP contribution in [0.3, 0.4) is 0 Å². The van der Waals surface area contributed by atoms with E-state index in [0.29, 0.717) is 6.42 Å². The van der Waals surface area contributed by atoms with E-state index in [1.807, 2.05) is 59.5 Å². The van der Waals surface area contributed by atoms with Crippen LogP contribution < -0.4 is 0 Å². The molecule has 1 unspecified atom stereocenters. The van der Waals surface area contributed by atoms with E-state index in [-0.39, 0.29) is 35.2 Å². The monoisotopic (exact) mass is 483 g/mol. The van der Waals surface area contributed by atoms with Gasteiger partial charge in [-0.05, 0) is 43.5 Å². The van der Waals surface area contributed by atoms with Crippen molar-refractivity contribution in [1.29, 1.82) is 0 Å². The van der Waals surface area contributed by atoms with Crippen LogP contribution in [0, 0.1) is 0 Å². The minimum atomic E-state index is -3.06. The molecule has 2 aliphatic rings. The Morgan fingerprint density at radius 2 is 1.70 bits per heavy atom. The zero-order valence-electron chi connectivity index (χ0n) is 18.6. The molecule has 0 N–H and O–H groups in total.